The molecule has 0 aliphatic carbocycles. The molecule has 0 atom stereocenters. The van der Waals surface area contributed by atoms with Gasteiger partial charge in [0.25, 0.3) is 0 Å². The Morgan fingerprint density at radius 3 is 2.44 bits per heavy atom. The fourth-order valence-corrected chi connectivity index (χ4v) is 3.90. The smallest absolute Gasteiger partial charge is 0.223 e. The number of amides is 2. The molecule has 2 aliphatic heterocycles. The standard InChI is InChI=1S/C20H29N3O4/c1-26-17-5-3-14(18(11-17)27-2)4-6-19(24)23-12-16(13-23)22-9-7-15(8-10-22)20(21)25/h3,5,11,15-16H,4,6-10,12-13H2,1-2H3,(H2,21,25). The summed E-state index contributed by atoms with van der Waals surface area (Å²) in [5.41, 5.74) is 6.40. The van der Waals surface area contributed by atoms with Crippen LogP contribution in [-0.4, -0.2) is 68.1 Å². The number of hydrogen-bond acceptors (Lipinski definition) is 5. The monoisotopic (exact) mass is 375 g/mol. The fourth-order valence-electron chi connectivity index (χ4n) is 3.90. The molecular formula is C20H29N3O4. The van der Waals surface area contributed by atoms with Crippen LogP contribution in [0.25, 0.3) is 0 Å². The lowest BCUT2D eigenvalue weighted by atomic mass is 9.93. The number of likely N-dealkylation sites (tertiary alicyclic amines) is 2. The molecular weight excluding hydrogens is 346 g/mol. The van der Waals surface area contributed by atoms with Gasteiger partial charge in [-0.15, -0.1) is 0 Å². The Hall–Kier alpha value is -2.28. The second-order valence-electron chi connectivity index (χ2n) is 7.34. The number of aryl methyl sites for hydroxylation is 1. The minimum Gasteiger partial charge on any atom is -0.497 e. The van der Waals surface area contributed by atoms with Gasteiger partial charge >= 0.3 is 0 Å². The molecule has 0 saturated carbocycles. The molecule has 27 heavy (non-hydrogen) atoms. The lowest BCUT2D eigenvalue weighted by Crippen LogP contribution is -2.62. The summed E-state index contributed by atoms with van der Waals surface area (Å²) in [5.74, 6) is 1.50. The molecule has 0 unspecified atom stereocenters. The van der Waals surface area contributed by atoms with E-state index in [1.54, 1.807) is 14.2 Å². The molecule has 0 bridgehead atoms. The maximum atomic E-state index is 12.5. The summed E-state index contributed by atoms with van der Waals surface area (Å²) in [6, 6.07) is 6.10. The molecule has 7 nitrogen and oxygen atoms in total. The van der Waals surface area contributed by atoms with Gasteiger partial charge in [0.15, 0.2) is 0 Å². The molecule has 148 valence electrons. The number of carbonyl (C=O) groups is 2. The van der Waals surface area contributed by atoms with E-state index >= 15 is 0 Å². The lowest BCUT2D eigenvalue weighted by Gasteiger charge is -2.47. The fraction of sp³-hybridized carbons (Fsp3) is 0.600. The Balaban J connectivity index is 1.43. The predicted molar refractivity (Wildman–Crippen MR) is 102 cm³/mol. The summed E-state index contributed by atoms with van der Waals surface area (Å²) in [6.45, 7) is 3.34. The van der Waals surface area contributed by atoms with Crippen molar-refractivity contribution in [3.63, 3.8) is 0 Å². The first-order valence-electron chi connectivity index (χ1n) is 9.54. The first-order chi connectivity index (χ1) is 13.0. The third-order valence-corrected chi connectivity index (χ3v) is 5.77. The van der Waals surface area contributed by atoms with Crippen molar-refractivity contribution in [1.29, 1.82) is 0 Å². The van der Waals surface area contributed by atoms with E-state index < -0.39 is 0 Å². The summed E-state index contributed by atoms with van der Waals surface area (Å²) < 4.78 is 10.6. The normalized spacial score (nSPS) is 18.8. The van der Waals surface area contributed by atoms with E-state index in [1.807, 2.05) is 23.1 Å². The van der Waals surface area contributed by atoms with E-state index in [2.05, 4.69) is 4.90 Å². The number of primary amides is 1. The summed E-state index contributed by atoms with van der Waals surface area (Å²) in [7, 11) is 3.25. The van der Waals surface area contributed by atoms with Gasteiger partial charge in [-0.2, -0.15) is 0 Å². The van der Waals surface area contributed by atoms with Gasteiger partial charge < -0.3 is 20.1 Å². The van der Waals surface area contributed by atoms with E-state index in [9.17, 15) is 9.59 Å². The van der Waals surface area contributed by atoms with Crippen molar-refractivity contribution in [2.75, 3.05) is 40.4 Å². The predicted octanol–water partition coefficient (Wildman–Crippen LogP) is 1.04. The number of hydrogen-bond donors (Lipinski definition) is 1. The third-order valence-electron chi connectivity index (χ3n) is 5.77. The molecule has 2 saturated heterocycles. The van der Waals surface area contributed by atoms with E-state index in [-0.39, 0.29) is 17.7 Å². The number of piperidine rings is 1. The van der Waals surface area contributed by atoms with Crippen LogP contribution in [-0.2, 0) is 16.0 Å². The van der Waals surface area contributed by atoms with Gasteiger partial charge in [0.1, 0.15) is 11.5 Å². The number of rotatable bonds is 7. The highest BCUT2D eigenvalue weighted by molar-refractivity contribution is 5.78. The van der Waals surface area contributed by atoms with Crippen molar-refractivity contribution in [3.8, 4) is 11.5 Å². The molecule has 2 amide bonds. The first-order valence-corrected chi connectivity index (χ1v) is 9.54. The van der Waals surface area contributed by atoms with Crippen LogP contribution >= 0.6 is 0 Å². The quantitative estimate of drug-likeness (QED) is 0.770. The number of carbonyl (C=O) groups excluding carboxylic acids is 2. The van der Waals surface area contributed by atoms with Gasteiger partial charge in [-0.25, -0.2) is 0 Å². The Kier molecular flexibility index (Phi) is 6.21. The maximum absolute atomic E-state index is 12.5. The van der Waals surface area contributed by atoms with Gasteiger partial charge in [0.05, 0.1) is 14.2 Å². The highest BCUT2D eigenvalue weighted by atomic mass is 16.5. The highest BCUT2D eigenvalue weighted by Crippen LogP contribution is 2.27. The van der Waals surface area contributed by atoms with Gasteiger partial charge in [-0.3, -0.25) is 14.5 Å². The van der Waals surface area contributed by atoms with Crippen LogP contribution in [0.3, 0.4) is 0 Å². The van der Waals surface area contributed by atoms with Crippen molar-refractivity contribution in [2.45, 2.75) is 31.7 Å². The average molecular weight is 375 g/mol. The molecule has 0 aromatic heterocycles. The molecule has 3 rings (SSSR count). The molecule has 2 N–H and O–H groups in total. The molecule has 2 fully saturated rings. The molecule has 1 aromatic carbocycles. The lowest BCUT2D eigenvalue weighted by molar-refractivity contribution is -0.139. The van der Waals surface area contributed by atoms with E-state index in [1.165, 1.54) is 0 Å². The Morgan fingerprint density at radius 1 is 1.15 bits per heavy atom. The molecule has 2 aliphatic rings. The van der Waals surface area contributed by atoms with Gasteiger partial charge in [-0.05, 0) is 44.0 Å². The first kappa shape index (κ1) is 19.5. The van der Waals surface area contributed by atoms with E-state index in [0.717, 1.165) is 56.1 Å². The number of nitrogens with zero attached hydrogens (tertiary/aromatic N) is 2. The minimum absolute atomic E-state index is 0.0125. The zero-order valence-corrected chi connectivity index (χ0v) is 16.1. The largest absolute Gasteiger partial charge is 0.497 e. The van der Waals surface area contributed by atoms with Crippen LogP contribution in [0.2, 0.25) is 0 Å². The van der Waals surface area contributed by atoms with Crippen LogP contribution in [0.4, 0.5) is 0 Å². The number of methoxy groups -OCH3 is 2. The highest BCUT2D eigenvalue weighted by Gasteiger charge is 2.36. The second kappa shape index (κ2) is 8.61. The zero-order chi connectivity index (χ0) is 19.4. The van der Waals surface area contributed by atoms with Crippen molar-refractivity contribution < 1.29 is 19.1 Å². The van der Waals surface area contributed by atoms with Crippen LogP contribution in [0.1, 0.15) is 24.8 Å². The van der Waals surface area contributed by atoms with Crippen molar-refractivity contribution in [3.05, 3.63) is 23.8 Å². The minimum atomic E-state index is -0.186. The van der Waals surface area contributed by atoms with Crippen molar-refractivity contribution in [1.82, 2.24) is 9.80 Å². The molecule has 2 heterocycles. The second-order valence-corrected chi connectivity index (χ2v) is 7.34. The van der Waals surface area contributed by atoms with Crippen LogP contribution in [0, 0.1) is 5.92 Å². The summed E-state index contributed by atoms with van der Waals surface area (Å²) >= 11 is 0. The number of ether oxygens (including phenoxy) is 2. The zero-order valence-electron chi connectivity index (χ0n) is 16.1. The van der Waals surface area contributed by atoms with Gasteiger partial charge in [0, 0.05) is 37.5 Å². The van der Waals surface area contributed by atoms with Gasteiger partial charge in [0.2, 0.25) is 11.8 Å². The molecule has 0 spiro atoms. The summed E-state index contributed by atoms with van der Waals surface area (Å²) in [4.78, 5) is 28.0. The van der Waals surface area contributed by atoms with Crippen molar-refractivity contribution >= 4 is 11.8 Å². The summed E-state index contributed by atoms with van der Waals surface area (Å²) in [5, 5.41) is 0. The Labute approximate surface area is 160 Å². The van der Waals surface area contributed by atoms with Crippen LogP contribution in [0.5, 0.6) is 11.5 Å². The molecule has 0 radical (unpaired) electrons. The molecule has 7 heteroatoms. The Bertz CT molecular complexity index is 680. The third kappa shape index (κ3) is 4.53. The SMILES string of the molecule is COc1ccc(CCC(=O)N2CC(N3CCC(C(N)=O)CC3)C2)c(OC)c1. The molecule has 1 aromatic rings. The summed E-state index contributed by atoms with van der Waals surface area (Å²) in [6.07, 6.45) is 2.78. The van der Waals surface area contributed by atoms with Crippen molar-refractivity contribution in [2.24, 2.45) is 11.7 Å². The maximum Gasteiger partial charge on any atom is 0.223 e. The Morgan fingerprint density at radius 2 is 1.85 bits per heavy atom. The van der Waals surface area contributed by atoms with E-state index in [4.69, 9.17) is 15.2 Å². The topological polar surface area (TPSA) is 85.1 Å². The average Bonchev–Trinajstić information content (AvgIpc) is 2.65. The van der Waals surface area contributed by atoms with Crippen LogP contribution < -0.4 is 15.2 Å². The van der Waals surface area contributed by atoms with Gasteiger partial charge in [-0.1, -0.05) is 6.07 Å². The number of nitrogens with two attached hydrogens (primary N) is 1. The van der Waals surface area contributed by atoms with E-state index in [0.29, 0.717) is 18.9 Å². The number of benzene rings is 1. The van der Waals surface area contributed by atoms with Crippen LogP contribution in [0.15, 0.2) is 18.2 Å².